The van der Waals surface area contributed by atoms with E-state index in [1.165, 1.54) is 18.3 Å². The molecular weight excluding hydrogens is 350 g/mol. The molecule has 3 aromatic rings. The van der Waals surface area contributed by atoms with E-state index >= 15 is 0 Å². The Morgan fingerprint density at radius 3 is 2.70 bits per heavy atom. The molecule has 0 aliphatic rings. The third-order valence-electron chi connectivity index (χ3n) is 3.54. The molecule has 2 aromatic heterocycles. The summed E-state index contributed by atoms with van der Waals surface area (Å²) in [5.74, 6) is 0.394. The van der Waals surface area contributed by atoms with Gasteiger partial charge in [0.25, 0.3) is 5.69 Å². The number of aromatic nitrogens is 3. The Morgan fingerprint density at radius 1 is 1.15 bits per heavy atom. The third-order valence-corrected chi connectivity index (χ3v) is 3.54. The Morgan fingerprint density at radius 2 is 2.00 bits per heavy atom. The molecule has 0 amide bonds. The second-order valence-electron chi connectivity index (χ2n) is 5.39. The minimum Gasteiger partial charge on any atom is -0.462 e. The van der Waals surface area contributed by atoms with E-state index in [1.807, 2.05) is 0 Å². The summed E-state index contributed by atoms with van der Waals surface area (Å²) in [4.78, 5) is 26.3. The highest BCUT2D eigenvalue weighted by molar-refractivity contribution is 5.90. The number of non-ortho nitro benzene ring substituents is 1. The van der Waals surface area contributed by atoms with Crippen molar-refractivity contribution in [2.75, 3.05) is 11.9 Å². The number of esters is 1. The van der Waals surface area contributed by atoms with E-state index in [1.54, 1.807) is 43.3 Å². The first-order valence-electron chi connectivity index (χ1n) is 8.05. The largest absolute Gasteiger partial charge is 0.462 e. The Balaban J connectivity index is 1.77. The zero-order valence-electron chi connectivity index (χ0n) is 14.3. The minimum atomic E-state index is -0.463. The van der Waals surface area contributed by atoms with Crippen LogP contribution in [0.25, 0.3) is 11.3 Å². The maximum absolute atomic E-state index is 11.8. The van der Waals surface area contributed by atoms with Crippen molar-refractivity contribution < 1.29 is 14.5 Å². The molecule has 0 saturated heterocycles. The number of ether oxygens (including phenoxy) is 1. The lowest BCUT2D eigenvalue weighted by Gasteiger charge is -2.07. The molecule has 0 unspecified atom stereocenters. The predicted molar refractivity (Wildman–Crippen MR) is 97.6 cm³/mol. The van der Waals surface area contributed by atoms with Crippen LogP contribution in [0.2, 0.25) is 0 Å². The molecule has 2 heterocycles. The van der Waals surface area contributed by atoms with Crippen LogP contribution in [0.15, 0.2) is 54.7 Å². The van der Waals surface area contributed by atoms with E-state index in [0.717, 1.165) is 0 Å². The molecule has 3 rings (SSSR count). The SMILES string of the molecule is CCOC(=O)c1ccnc(Nc2ccc(-c3cccc([N+](=O)[O-])c3)nn2)c1. The van der Waals surface area contributed by atoms with Crippen LogP contribution in [0.4, 0.5) is 17.3 Å². The van der Waals surface area contributed by atoms with Gasteiger partial charge in [-0.2, -0.15) is 0 Å². The van der Waals surface area contributed by atoms with Crippen molar-refractivity contribution >= 4 is 23.3 Å². The van der Waals surface area contributed by atoms with Crippen molar-refractivity contribution in [1.29, 1.82) is 0 Å². The lowest BCUT2D eigenvalue weighted by atomic mass is 10.1. The maximum Gasteiger partial charge on any atom is 0.338 e. The number of nitro benzene ring substituents is 1. The molecule has 0 bridgehead atoms. The van der Waals surface area contributed by atoms with Gasteiger partial charge in [-0.25, -0.2) is 9.78 Å². The number of benzene rings is 1. The van der Waals surface area contributed by atoms with Crippen LogP contribution in [0.3, 0.4) is 0 Å². The van der Waals surface area contributed by atoms with Crippen molar-refractivity contribution in [3.05, 3.63) is 70.4 Å². The van der Waals surface area contributed by atoms with E-state index in [4.69, 9.17) is 4.74 Å². The van der Waals surface area contributed by atoms with E-state index < -0.39 is 10.9 Å². The number of rotatable bonds is 6. The fourth-order valence-corrected chi connectivity index (χ4v) is 2.30. The Kier molecular flexibility index (Phi) is 5.31. The second-order valence-corrected chi connectivity index (χ2v) is 5.39. The van der Waals surface area contributed by atoms with Crippen LogP contribution in [-0.4, -0.2) is 32.7 Å². The number of anilines is 2. The molecule has 27 heavy (non-hydrogen) atoms. The average Bonchev–Trinajstić information content (AvgIpc) is 2.69. The quantitative estimate of drug-likeness (QED) is 0.401. The van der Waals surface area contributed by atoms with Gasteiger partial charge in [-0.05, 0) is 31.2 Å². The maximum atomic E-state index is 11.8. The highest BCUT2D eigenvalue weighted by atomic mass is 16.6. The zero-order chi connectivity index (χ0) is 19.2. The molecule has 0 atom stereocenters. The summed E-state index contributed by atoms with van der Waals surface area (Å²) in [5, 5.41) is 22.0. The Hall–Kier alpha value is -3.88. The molecule has 0 aliphatic carbocycles. The van der Waals surface area contributed by atoms with Crippen LogP contribution >= 0.6 is 0 Å². The minimum absolute atomic E-state index is 0.0171. The average molecular weight is 365 g/mol. The first kappa shape index (κ1) is 17.9. The summed E-state index contributed by atoms with van der Waals surface area (Å²) in [6.07, 6.45) is 1.49. The molecule has 0 aliphatic heterocycles. The normalized spacial score (nSPS) is 10.3. The number of hydrogen-bond donors (Lipinski definition) is 1. The first-order chi connectivity index (χ1) is 13.1. The fraction of sp³-hybridized carbons (Fsp3) is 0.111. The lowest BCUT2D eigenvalue weighted by molar-refractivity contribution is -0.384. The van der Waals surface area contributed by atoms with E-state index in [9.17, 15) is 14.9 Å². The summed E-state index contributed by atoms with van der Waals surface area (Å²) in [6.45, 7) is 2.02. The van der Waals surface area contributed by atoms with Crippen LogP contribution < -0.4 is 5.32 Å². The molecule has 0 spiro atoms. The van der Waals surface area contributed by atoms with Gasteiger partial charge in [0, 0.05) is 23.9 Å². The molecule has 0 radical (unpaired) electrons. The number of carbonyl (C=O) groups excluding carboxylic acids is 1. The number of hydrogen-bond acceptors (Lipinski definition) is 8. The van der Waals surface area contributed by atoms with Gasteiger partial charge in [-0.1, -0.05) is 12.1 Å². The van der Waals surface area contributed by atoms with Gasteiger partial charge in [-0.15, -0.1) is 10.2 Å². The molecule has 0 saturated carbocycles. The monoisotopic (exact) mass is 365 g/mol. The molecular formula is C18H15N5O4. The zero-order valence-corrected chi connectivity index (χ0v) is 14.3. The predicted octanol–water partition coefficient (Wildman–Crippen LogP) is 3.37. The number of nitrogens with one attached hydrogen (secondary N) is 1. The summed E-state index contributed by atoms with van der Waals surface area (Å²) >= 11 is 0. The Bertz CT molecular complexity index is 975. The molecule has 1 N–H and O–H groups in total. The smallest absolute Gasteiger partial charge is 0.338 e. The highest BCUT2D eigenvalue weighted by Crippen LogP contribution is 2.23. The van der Waals surface area contributed by atoms with E-state index in [2.05, 4.69) is 20.5 Å². The number of nitrogens with zero attached hydrogens (tertiary/aromatic N) is 4. The molecule has 9 heteroatoms. The van der Waals surface area contributed by atoms with Crippen molar-refractivity contribution in [2.24, 2.45) is 0 Å². The standard InChI is InChI=1S/C18H15N5O4/c1-2-27-18(24)13-8-9-19-17(11-13)20-16-7-6-15(21-22-16)12-4-3-5-14(10-12)23(25)26/h3-11H,2H2,1H3,(H,19,20,22). The molecule has 0 fully saturated rings. The summed E-state index contributed by atoms with van der Waals surface area (Å²) in [6, 6.07) is 12.6. The fourth-order valence-electron chi connectivity index (χ4n) is 2.30. The molecule has 1 aromatic carbocycles. The number of carbonyl (C=O) groups is 1. The van der Waals surface area contributed by atoms with Crippen LogP contribution in [0.5, 0.6) is 0 Å². The van der Waals surface area contributed by atoms with Crippen molar-refractivity contribution in [3.63, 3.8) is 0 Å². The highest BCUT2D eigenvalue weighted by Gasteiger charge is 2.10. The number of nitro groups is 1. The summed E-state index contributed by atoms with van der Waals surface area (Å²) in [5.41, 5.74) is 1.44. The van der Waals surface area contributed by atoms with E-state index in [0.29, 0.717) is 28.5 Å². The van der Waals surface area contributed by atoms with Gasteiger partial charge in [0.2, 0.25) is 0 Å². The van der Waals surface area contributed by atoms with Gasteiger partial charge in [0.1, 0.15) is 5.82 Å². The topological polar surface area (TPSA) is 120 Å². The molecule has 136 valence electrons. The van der Waals surface area contributed by atoms with Crippen molar-refractivity contribution in [1.82, 2.24) is 15.2 Å². The van der Waals surface area contributed by atoms with Crippen LogP contribution in [-0.2, 0) is 4.74 Å². The van der Waals surface area contributed by atoms with Gasteiger partial charge < -0.3 is 10.1 Å². The summed E-state index contributed by atoms with van der Waals surface area (Å²) < 4.78 is 4.95. The van der Waals surface area contributed by atoms with Crippen molar-refractivity contribution in [2.45, 2.75) is 6.92 Å². The van der Waals surface area contributed by atoms with Gasteiger partial charge in [0.15, 0.2) is 5.82 Å². The van der Waals surface area contributed by atoms with Crippen molar-refractivity contribution in [3.8, 4) is 11.3 Å². The Labute approximate surface area is 154 Å². The van der Waals surface area contributed by atoms with Crippen LogP contribution in [0, 0.1) is 10.1 Å². The second kappa shape index (κ2) is 8.00. The van der Waals surface area contributed by atoms with Gasteiger partial charge >= 0.3 is 5.97 Å². The van der Waals surface area contributed by atoms with Crippen LogP contribution in [0.1, 0.15) is 17.3 Å². The first-order valence-corrected chi connectivity index (χ1v) is 8.05. The number of pyridine rings is 1. The van der Waals surface area contributed by atoms with Gasteiger partial charge in [-0.3, -0.25) is 10.1 Å². The van der Waals surface area contributed by atoms with Gasteiger partial charge in [0.05, 0.1) is 22.8 Å². The summed E-state index contributed by atoms with van der Waals surface area (Å²) in [7, 11) is 0. The molecule has 9 nitrogen and oxygen atoms in total. The van der Waals surface area contributed by atoms with E-state index in [-0.39, 0.29) is 12.3 Å². The third kappa shape index (κ3) is 4.40. The lowest BCUT2D eigenvalue weighted by Crippen LogP contribution is -2.06.